The minimum Gasteiger partial charge on any atom is -0.370 e. The van der Waals surface area contributed by atoms with Crippen molar-refractivity contribution in [1.82, 2.24) is 0 Å². The van der Waals surface area contributed by atoms with E-state index in [2.05, 4.69) is 13.8 Å². The summed E-state index contributed by atoms with van der Waals surface area (Å²) in [6.45, 7) is 4.52. The number of benzene rings is 1. The van der Waals surface area contributed by atoms with Crippen molar-refractivity contribution < 1.29 is 9.53 Å². The lowest BCUT2D eigenvalue weighted by Gasteiger charge is -2.41. The SMILES string of the molecule is COC1(C(=O)Cc2ccc(Cl)cc2)CCC(C)(C)CC1. The van der Waals surface area contributed by atoms with Crippen molar-refractivity contribution in [3.8, 4) is 0 Å². The minimum atomic E-state index is -0.588. The van der Waals surface area contributed by atoms with Crippen molar-refractivity contribution >= 4 is 17.4 Å². The van der Waals surface area contributed by atoms with Crippen molar-refractivity contribution in [3.63, 3.8) is 0 Å². The van der Waals surface area contributed by atoms with Crippen LogP contribution < -0.4 is 0 Å². The first-order valence-corrected chi connectivity index (χ1v) is 7.58. The molecule has 0 aromatic heterocycles. The molecule has 0 N–H and O–H groups in total. The second kappa shape index (κ2) is 5.87. The van der Waals surface area contributed by atoms with Gasteiger partial charge in [0.2, 0.25) is 0 Å². The standard InChI is InChI=1S/C17H23ClO2/c1-16(2)8-10-17(20-3,11-9-16)15(19)12-13-4-6-14(18)7-5-13/h4-7H,8-12H2,1-3H3. The fourth-order valence-electron chi connectivity index (χ4n) is 2.88. The molecule has 1 aliphatic carbocycles. The lowest BCUT2D eigenvalue weighted by atomic mass is 9.69. The van der Waals surface area contributed by atoms with Gasteiger partial charge in [-0.05, 0) is 48.8 Å². The Kier molecular flexibility index (Phi) is 4.55. The molecule has 0 heterocycles. The van der Waals surface area contributed by atoms with Gasteiger partial charge in [0.25, 0.3) is 0 Å². The molecule has 0 aliphatic heterocycles. The molecule has 0 radical (unpaired) electrons. The summed E-state index contributed by atoms with van der Waals surface area (Å²) in [6.07, 6.45) is 4.14. The van der Waals surface area contributed by atoms with E-state index in [4.69, 9.17) is 16.3 Å². The Morgan fingerprint density at radius 2 is 1.70 bits per heavy atom. The highest BCUT2D eigenvalue weighted by Gasteiger charge is 2.43. The van der Waals surface area contributed by atoms with E-state index in [-0.39, 0.29) is 5.78 Å². The van der Waals surface area contributed by atoms with Crippen molar-refractivity contribution in [3.05, 3.63) is 34.9 Å². The van der Waals surface area contributed by atoms with E-state index >= 15 is 0 Å². The van der Waals surface area contributed by atoms with Crippen molar-refractivity contribution in [2.45, 2.75) is 51.6 Å². The molecule has 1 aromatic carbocycles. The fourth-order valence-corrected chi connectivity index (χ4v) is 3.00. The maximum Gasteiger partial charge on any atom is 0.168 e. The average molecular weight is 295 g/mol. The third-order valence-electron chi connectivity index (χ3n) is 4.59. The van der Waals surface area contributed by atoms with Gasteiger partial charge in [-0.3, -0.25) is 4.79 Å². The molecule has 0 amide bonds. The van der Waals surface area contributed by atoms with Gasteiger partial charge in [-0.25, -0.2) is 0 Å². The normalized spacial score (nSPS) is 20.6. The fraction of sp³-hybridized carbons (Fsp3) is 0.588. The van der Waals surface area contributed by atoms with Crippen molar-refractivity contribution in [2.75, 3.05) is 7.11 Å². The van der Waals surface area contributed by atoms with Crippen LogP contribution in [0.5, 0.6) is 0 Å². The first-order chi connectivity index (χ1) is 9.37. The van der Waals surface area contributed by atoms with Crippen LogP contribution in [0.15, 0.2) is 24.3 Å². The quantitative estimate of drug-likeness (QED) is 0.821. The molecule has 20 heavy (non-hydrogen) atoms. The zero-order valence-corrected chi connectivity index (χ0v) is 13.3. The Hall–Kier alpha value is -0.860. The number of hydrogen-bond acceptors (Lipinski definition) is 2. The van der Waals surface area contributed by atoms with Crippen LogP contribution in [0.25, 0.3) is 0 Å². The summed E-state index contributed by atoms with van der Waals surface area (Å²) in [5.74, 6) is 0.192. The summed E-state index contributed by atoms with van der Waals surface area (Å²) in [5.41, 5.74) is 0.734. The molecule has 0 unspecified atom stereocenters. The zero-order valence-electron chi connectivity index (χ0n) is 12.5. The second-order valence-corrected chi connectivity index (χ2v) is 7.03. The van der Waals surface area contributed by atoms with E-state index in [1.807, 2.05) is 24.3 Å². The molecule has 0 atom stereocenters. The van der Waals surface area contributed by atoms with Crippen LogP contribution in [-0.4, -0.2) is 18.5 Å². The molecule has 3 heteroatoms. The molecule has 1 fully saturated rings. The Morgan fingerprint density at radius 1 is 1.15 bits per heavy atom. The first-order valence-electron chi connectivity index (χ1n) is 7.20. The van der Waals surface area contributed by atoms with Gasteiger partial charge in [0.1, 0.15) is 5.60 Å². The number of hydrogen-bond donors (Lipinski definition) is 0. The average Bonchev–Trinajstić information content (AvgIpc) is 2.42. The highest BCUT2D eigenvalue weighted by molar-refractivity contribution is 6.30. The predicted octanol–water partition coefficient (Wildman–Crippen LogP) is 4.44. The largest absolute Gasteiger partial charge is 0.370 e. The summed E-state index contributed by atoms with van der Waals surface area (Å²) in [4.78, 5) is 12.7. The number of methoxy groups -OCH3 is 1. The van der Waals surface area contributed by atoms with E-state index in [1.54, 1.807) is 7.11 Å². The summed E-state index contributed by atoms with van der Waals surface area (Å²) in [7, 11) is 1.66. The maximum absolute atomic E-state index is 12.7. The van der Waals surface area contributed by atoms with Crippen LogP contribution in [0, 0.1) is 5.41 Å². The monoisotopic (exact) mass is 294 g/mol. The van der Waals surface area contributed by atoms with Crippen LogP contribution in [0.3, 0.4) is 0 Å². The van der Waals surface area contributed by atoms with Crippen LogP contribution >= 0.6 is 11.6 Å². The minimum absolute atomic E-state index is 0.192. The molecule has 110 valence electrons. The zero-order chi connectivity index (χ0) is 14.8. The number of ketones is 1. The van der Waals surface area contributed by atoms with Gasteiger partial charge >= 0.3 is 0 Å². The van der Waals surface area contributed by atoms with Gasteiger partial charge in [-0.15, -0.1) is 0 Å². The maximum atomic E-state index is 12.7. The van der Waals surface area contributed by atoms with Gasteiger partial charge in [0.15, 0.2) is 5.78 Å². The Labute approximate surface area is 126 Å². The number of ether oxygens (including phenoxy) is 1. The molecule has 2 nitrogen and oxygen atoms in total. The summed E-state index contributed by atoms with van der Waals surface area (Å²) < 4.78 is 5.65. The Bertz CT molecular complexity index is 466. The molecule has 0 spiro atoms. The Morgan fingerprint density at radius 3 is 2.20 bits per heavy atom. The molecule has 1 aromatic rings. The molecular weight excluding hydrogens is 272 g/mol. The molecule has 2 rings (SSSR count). The third-order valence-corrected chi connectivity index (χ3v) is 4.84. The van der Waals surface area contributed by atoms with Crippen LogP contribution in [-0.2, 0) is 16.0 Å². The van der Waals surface area contributed by atoms with E-state index < -0.39 is 5.60 Å². The molecular formula is C17H23ClO2. The van der Waals surface area contributed by atoms with Crippen LogP contribution in [0.2, 0.25) is 5.02 Å². The molecule has 1 aliphatic rings. The van der Waals surface area contributed by atoms with Crippen LogP contribution in [0.1, 0.15) is 45.1 Å². The van der Waals surface area contributed by atoms with Gasteiger partial charge in [-0.2, -0.15) is 0 Å². The molecule has 1 saturated carbocycles. The van der Waals surface area contributed by atoms with Crippen molar-refractivity contribution in [2.24, 2.45) is 5.41 Å². The number of carbonyl (C=O) groups excluding carboxylic acids is 1. The second-order valence-electron chi connectivity index (χ2n) is 6.59. The summed E-state index contributed by atoms with van der Waals surface area (Å²) in [5, 5.41) is 0.696. The number of rotatable bonds is 4. The lowest BCUT2D eigenvalue weighted by Crippen LogP contribution is -2.46. The Balaban J connectivity index is 2.08. The molecule has 0 bridgehead atoms. The predicted molar refractivity (Wildman–Crippen MR) is 82.2 cm³/mol. The lowest BCUT2D eigenvalue weighted by molar-refractivity contribution is -0.147. The number of carbonyl (C=O) groups is 1. The van der Waals surface area contributed by atoms with E-state index in [0.717, 1.165) is 31.2 Å². The van der Waals surface area contributed by atoms with Gasteiger partial charge in [0, 0.05) is 18.6 Å². The van der Waals surface area contributed by atoms with Gasteiger partial charge < -0.3 is 4.74 Å². The van der Waals surface area contributed by atoms with Crippen LogP contribution in [0.4, 0.5) is 0 Å². The van der Waals surface area contributed by atoms with E-state index in [9.17, 15) is 4.79 Å². The smallest absolute Gasteiger partial charge is 0.168 e. The van der Waals surface area contributed by atoms with E-state index in [0.29, 0.717) is 16.9 Å². The van der Waals surface area contributed by atoms with Gasteiger partial charge in [0.05, 0.1) is 0 Å². The highest BCUT2D eigenvalue weighted by Crippen LogP contribution is 2.42. The highest BCUT2D eigenvalue weighted by atomic mass is 35.5. The topological polar surface area (TPSA) is 26.3 Å². The summed E-state index contributed by atoms with van der Waals surface area (Å²) >= 11 is 5.87. The van der Waals surface area contributed by atoms with Crippen molar-refractivity contribution in [1.29, 1.82) is 0 Å². The summed E-state index contributed by atoms with van der Waals surface area (Å²) in [6, 6.07) is 7.48. The third kappa shape index (κ3) is 3.42. The first kappa shape index (κ1) is 15.5. The molecule has 0 saturated heterocycles. The van der Waals surface area contributed by atoms with E-state index in [1.165, 1.54) is 0 Å². The van der Waals surface area contributed by atoms with Gasteiger partial charge in [-0.1, -0.05) is 37.6 Å². The number of Topliss-reactive ketones (excluding diaryl/α,β-unsaturated/α-hetero) is 1. The number of halogens is 1.